The van der Waals surface area contributed by atoms with Crippen LogP contribution in [0.2, 0.25) is 0 Å². The Labute approximate surface area is 129 Å². The Morgan fingerprint density at radius 1 is 1.55 bits per heavy atom. The lowest BCUT2D eigenvalue weighted by Crippen LogP contribution is -2.25. The van der Waals surface area contributed by atoms with E-state index in [0.29, 0.717) is 18.2 Å². The molecule has 0 saturated carbocycles. The van der Waals surface area contributed by atoms with Crippen molar-refractivity contribution >= 4 is 5.91 Å². The van der Waals surface area contributed by atoms with Crippen LogP contribution < -0.4 is 5.32 Å². The van der Waals surface area contributed by atoms with Crippen LogP contribution in [0, 0.1) is 12.8 Å². The Kier molecular flexibility index (Phi) is 4.00. The average molecular weight is 302 g/mol. The second-order valence-electron chi connectivity index (χ2n) is 6.03. The van der Waals surface area contributed by atoms with Crippen LogP contribution in [-0.2, 0) is 25.9 Å². The molecule has 0 fully saturated rings. The summed E-state index contributed by atoms with van der Waals surface area (Å²) in [5.74, 6) is 1.28. The Hall–Kier alpha value is -2.11. The van der Waals surface area contributed by atoms with Gasteiger partial charge in [-0.15, -0.1) is 0 Å². The van der Waals surface area contributed by atoms with Crippen molar-refractivity contribution < 1.29 is 9.32 Å². The van der Waals surface area contributed by atoms with Crippen LogP contribution in [0.5, 0.6) is 0 Å². The van der Waals surface area contributed by atoms with E-state index in [1.165, 1.54) is 0 Å². The van der Waals surface area contributed by atoms with Crippen LogP contribution in [0.15, 0.2) is 10.7 Å². The SMILES string of the molecule is CCn1ncc(CNC(=O)c2noc3c2CC(C)CC3)c1C. The molecule has 0 spiro atoms. The molecule has 0 bridgehead atoms. The van der Waals surface area contributed by atoms with Gasteiger partial charge in [-0.2, -0.15) is 5.10 Å². The van der Waals surface area contributed by atoms with Gasteiger partial charge >= 0.3 is 0 Å². The first-order chi connectivity index (χ1) is 10.6. The molecule has 118 valence electrons. The quantitative estimate of drug-likeness (QED) is 0.940. The predicted molar refractivity (Wildman–Crippen MR) is 81.5 cm³/mol. The summed E-state index contributed by atoms with van der Waals surface area (Å²) in [5, 5.41) is 11.2. The van der Waals surface area contributed by atoms with Crippen LogP contribution >= 0.6 is 0 Å². The van der Waals surface area contributed by atoms with Crippen LogP contribution in [-0.4, -0.2) is 20.8 Å². The van der Waals surface area contributed by atoms with Gasteiger partial charge in [0.15, 0.2) is 5.69 Å². The van der Waals surface area contributed by atoms with E-state index >= 15 is 0 Å². The first-order valence-electron chi connectivity index (χ1n) is 7.87. The number of carbonyl (C=O) groups is 1. The second-order valence-corrected chi connectivity index (χ2v) is 6.03. The van der Waals surface area contributed by atoms with Crippen molar-refractivity contribution in [2.45, 2.75) is 53.1 Å². The monoisotopic (exact) mass is 302 g/mol. The first kappa shape index (κ1) is 14.8. The fourth-order valence-electron chi connectivity index (χ4n) is 2.99. The molecule has 0 aliphatic heterocycles. The summed E-state index contributed by atoms with van der Waals surface area (Å²) in [6, 6.07) is 0. The molecule has 1 aliphatic rings. The number of carbonyl (C=O) groups excluding carboxylic acids is 1. The molecule has 2 aromatic rings. The van der Waals surface area contributed by atoms with Gasteiger partial charge in [0.05, 0.1) is 6.20 Å². The topological polar surface area (TPSA) is 73.0 Å². The maximum atomic E-state index is 12.4. The van der Waals surface area contributed by atoms with Gasteiger partial charge in [0, 0.05) is 36.3 Å². The van der Waals surface area contributed by atoms with Crippen LogP contribution in [0.25, 0.3) is 0 Å². The van der Waals surface area contributed by atoms with Gasteiger partial charge in [0.1, 0.15) is 5.76 Å². The molecule has 1 aliphatic carbocycles. The smallest absolute Gasteiger partial charge is 0.274 e. The van der Waals surface area contributed by atoms with Crippen molar-refractivity contribution in [1.82, 2.24) is 20.3 Å². The molecule has 2 aromatic heterocycles. The average Bonchev–Trinajstić information content (AvgIpc) is 3.08. The summed E-state index contributed by atoms with van der Waals surface area (Å²) >= 11 is 0. The summed E-state index contributed by atoms with van der Waals surface area (Å²) in [4.78, 5) is 12.4. The van der Waals surface area contributed by atoms with E-state index in [1.807, 2.05) is 18.5 Å². The molecule has 22 heavy (non-hydrogen) atoms. The zero-order valence-electron chi connectivity index (χ0n) is 13.3. The van der Waals surface area contributed by atoms with Gasteiger partial charge in [0.25, 0.3) is 5.91 Å². The van der Waals surface area contributed by atoms with E-state index in [-0.39, 0.29) is 5.91 Å². The van der Waals surface area contributed by atoms with Crippen LogP contribution in [0.4, 0.5) is 0 Å². The number of fused-ring (bicyclic) bond motifs is 1. The summed E-state index contributed by atoms with van der Waals surface area (Å²) in [7, 11) is 0. The molecule has 6 heteroatoms. The van der Waals surface area contributed by atoms with Crippen molar-refractivity contribution in [2.24, 2.45) is 5.92 Å². The standard InChI is InChI=1S/C16H22N4O2/c1-4-20-11(3)12(9-18-20)8-17-16(21)15-13-7-10(2)5-6-14(13)22-19-15/h9-10H,4-8H2,1-3H3,(H,17,21). The van der Waals surface area contributed by atoms with Gasteiger partial charge < -0.3 is 9.84 Å². The lowest BCUT2D eigenvalue weighted by Gasteiger charge is -2.16. The lowest BCUT2D eigenvalue weighted by molar-refractivity contribution is 0.0941. The molecule has 0 saturated heterocycles. The Morgan fingerprint density at radius 3 is 3.09 bits per heavy atom. The third kappa shape index (κ3) is 2.65. The Bertz CT molecular complexity index is 686. The molecule has 1 atom stereocenters. The Balaban J connectivity index is 1.70. The fraction of sp³-hybridized carbons (Fsp3) is 0.562. The minimum atomic E-state index is -0.164. The molecule has 1 unspecified atom stereocenters. The second kappa shape index (κ2) is 5.94. The number of aryl methyl sites for hydroxylation is 2. The van der Waals surface area contributed by atoms with E-state index < -0.39 is 0 Å². The first-order valence-corrected chi connectivity index (χ1v) is 7.87. The molecule has 6 nitrogen and oxygen atoms in total. The minimum Gasteiger partial charge on any atom is -0.360 e. The summed E-state index contributed by atoms with van der Waals surface area (Å²) in [6.45, 7) is 7.54. The molecule has 0 radical (unpaired) electrons. The highest BCUT2D eigenvalue weighted by atomic mass is 16.5. The molecular weight excluding hydrogens is 280 g/mol. The number of rotatable bonds is 4. The van der Waals surface area contributed by atoms with E-state index in [0.717, 1.165) is 48.4 Å². The maximum absolute atomic E-state index is 12.4. The van der Waals surface area contributed by atoms with Gasteiger partial charge in [-0.25, -0.2) is 0 Å². The highest BCUT2D eigenvalue weighted by molar-refractivity contribution is 5.93. The minimum absolute atomic E-state index is 0.164. The number of nitrogens with zero attached hydrogens (tertiary/aromatic N) is 3. The van der Waals surface area contributed by atoms with Crippen molar-refractivity contribution in [3.8, 4) is 0 Å². The van der Waals surface area contributed by atoms with Crippen LogP contribution in [0.3, 0.4) is 0 Å². The molecule has 1 amide bonds. The summed E-state index contributed by atoms with van der Waals surface area (Å²) < 4.78 is 7.24. The molecular formula is C16H22N4O2. The maximum Gasteiger partial charge on any atom is 0.274 e. The number of nitrogens with one attached hydrogen (secondary N) is 1. The van der Waals surface area contributed by atoms with E-state index in [1.54, 1.807) is 6.20 Å². The zero-order valence-corrected chi connectivity index (χ0v) is 13.3. The Morgan fingerprint density at radius 2 is 2.36 bits per heavy atom. The zero-order chi connectivity index (χ0) is 15.7. The van der Waals surface area contributed by atoms with Crippen molar-refractivity contribution in [2.75, 3.05) is 0 Å². The van der Waals surface area contributed by atoms with E-state index in [4.69, 9.17) is 4.52 Å². The number of amides is 1. The number of hydrogen-bond acceptors (Lipinski definition) is 4. The number of hydrogen-bond donors (Lipinski definition) is 1. The van der Waals surface area contributed by atoms with Gasteiger partial charge in [-0.1, -0.05) is 12.1 Å². The normalized spacial score (nSPS) is 17.3. The van der Waals surface area contributed by atoms with Crippen molar-refractivity contribution in [3.05, 3.63) is 34.5 Å². The van der Waals surface area contributed by atoms with E-state index in [9.17, 15) is 4.79 Å². The highest BCUT2D eigenvalue weighted by Crippen LogP contribution is 2.27. The van der Waals surface area contributed by atoms with Gasteiger partial charge in [-0.05, 0) is 32.6 Å². The lowest BCUT2D eigenvalue weighted by atomic mass is 9.88. The van der Waals surface area contributed by atoms with Gasteiger partial charge in [0.2, 0.25) is 0 Å². The van der Waals surface area contributed by atoms with Crippen molar-refractivity contribution in [3.63, 3.8) is 0 Å². The largest absolute Gasteiger partial charge is 0.360 e. The molecule has 1 N–H and O–H groups in total. The number of aromatic nitrogens is 3. The van der Waals surface area contributed by atoms with Gasteiger partial charge in [-0.3, -0.25) is 9.48 Å². The van der Waals surface area contributed by atoms with Crippen molar-refractivity contribution in [1.29, 1.82) is 0 Å². The van der Waals surface area contributed by atoms with Crippen LogP contribution in [0.1, 0.15) is 53.3 Å². The predicted octanol–water partition coefficient (Wildman–Crippen LogP) is 2.25. The third-order valence-corrected chi connectivity index (χ3v) is 4.45. The third-order valence-electron chi connectivity index (χ3n) is 4.45. The molecule has 2 heterocycles. The fourth-order valence-corrected chi connectivity index (χ4v) is 2.99. The summed E-state index contributed by atoms with van der Waals surface area (Å²) in [6.07, 6.45) is 4.64. The molecule has 3 rings (SSSR count). The summed E-state index contributed by atoms with van der Waals surface area (Å²) in [5.41, 5.74) is 3.54. The highest BCUT2D eigenvalue weighted by Gasteiger charge is 2.26. The molecule has 0 aromatic carbocycles. The van der Waals surface area contributed by atoms with E-state index in [2.05, 4.69) is 22.5 Å².